The molecule has 0 aromatic heterocycles. The fourth-order valence-corrected chi connectivity index (χ4v) is 3.60. The minimum Gasteiger partial charge on any atom is -0.396 e. The van der Waals surface area contributed by atoms with Crippen LogP contribution >= 0.6 is 0 Å². The molecule has 1 heterocycles. The number of rotatable bonds is 3. The quantitative estimate of drug-likeness (QED) is 0.755. The molecule has 0 aromatic rings. The highest BCUT2D eigenvalue weighted by Crippen LogP contribution is 2.46. The first-order chi connectivity index (χ1) is 9.57. The smallest absolute Gasteiger partial charge is 0.211 e. The van der Waals surface area contributed by atoms with Crippen molar-refractivity contribution in [3.05, 3.63) is 0 Å². The van der Waals surface area contributed by atoms with E-state index in [1.54, 1.807) is 4.90 Å². The standard InChI is InChI=1S/C8H17NO.C7H8N2O/c1-7(9)8(6-10)4-2-3-5-8;8-3-6-1-5-2-7(5)9(6)4-10/h7,10H,2-6,9H2,1H3;4-7H,1-2H2. The van der Waals surface area contributed by atoms with Crippen LogP contribution in [-0.4, -0.2) is 41.1 Å². The number of fused-ring (bicyclic) bond motifs is 1. The lowest BCUT2D eigenvalue weighted by Crippen LogP contribution is -2.40. The summed E-state index contributed by atoms with van der Waals surface area (Å²) < 4.78 is 0. The van der Waals surface area contributed by atoms with Crippen LogP contribution in [-0.2, 0) is 4.79 Å². The Bertz CT molecular complexity index is 385. The van der Waals surface area contributed by atoms with Gasteiger partial charge < -0.3 is 15.7 Å². The molecular weight excluding hydrogens is 254 g/mol. The van der Waals surface area contributed by atoms with Crippen molar-refractivity contribution in [3.63, 3.8) is 0 Å². The average molecular weight is 279 g/mol. The fraction of sp³-hybridized carbons (Fsp3) is 0.867. The summed E-state index contributed by atoms with van der Waals surface area (Å²) in [5, 5.41) is 17.7. The summed E-state index contributed by atoms with van der Waals surface area (Å²) in [4.78, 5) is 12.0. The molecule has 20 heavy (non-hydrogen) atoms. The van der Waals surface area contributed by atoms with E-state index in [0.717, 1.165) is 32.1 Å². The van der Waals surface area contributed by atoms with E-state index in [9.17, 15) is 4.79 Å². The van der Waals surface area contributed by atoms with Crippen LogP contribution < -0.4 is 5.73 Å². The van der Waals surface area contributed by atoms with Crippen molar-refractivity contribution >= 4 is 6.41 Å². The van der Waals surface area contributed by atoms with Crippen molar-refractivity contribution < 1.29 is 9.90 Å². The van der Waals surface area contributed by atoms with Crippen LogP contribution in [0.25, 0.3) is 0 Å². The van der Waals surface area contributed by atoms with Crippen molar-refractivity contribution in [2.24, 2.45) is 17.1 Å². The van der Waals surface area contributed by atoms with Crippen molar-refractivity contribution in [2.75, 3.05) is 6.61 Å². The molecule has 3 aliphatic rings. The summed E-state index contributed by atoms with van der Waals surface area (Å²) in [7, 11) is 0. The number of piperidine rings is 1. The number of carbonyl (C=O) groups is 1. The van der Waals surface area contributed by atoms with E-state index in [1.807, 2.05) is 6.92 Å². The monoisotopic (exact) mass is 279 g/mol. The highest BCUT2D eigenvalue weighted by Gasteiger charge is 2.51. The van der Waals surface area contributed by atoms with Gasteiger partial charge in [-0.2, -0.15) is 5.26 Å². The van der Waals surface area contributed by atoms with Gasteiger partial charge in [0.25, 0.3) is 0 Å². The van der Waals surface area contributed by atoms with Gasteiger partial charge >= 0.3 is 0 Å². The number of aliphatic hydroxyl groups is 1. The number of hydrogen-bond acceptors (Lipinski definition) is 4. The second-order valence-corrected chi connectivity index (χ2v) is 6.51. The summed E-state index contributed by atoms with van der Waals surface area (Å²) in [6.45, 7) is 2.27. The Kier molecular flexibility index (Phi) is 4.66. The van der Waals surface area contributed by atoms with Crippen LogP contribution in [0.4, 0.5) is 0 Å². The Morgan fingerprint density at radius 3 is 2.50 bits per heavy atom. The number of nitriles is 1. The van der Waals surface area contributed by atoms with Crippen molar-refractivity contribution in [1.82, 2.24) is 4.90 Å². The highest BCUT2D eigenvalue weighted by atomic mass is 16.3. The lowest BCUT2D eigenvalue weighted by atomic mass is 9.81. The molecule has 1 saturated heterocycles. The lowest BCUT2D eigenvalue weighted by Gasteiger charge is -2.30. The second kappa shape index (κ2) is 6.11. The zero-order valence-electron chi connectivity index (χ0n) is 12.2. The zero-order valence-corrected chi connectivity index (χ0v) is 12.2. The van der Waals surface area contributed by atoms with E-state index in [2.05, 4.69) is 6.07 Å². The molecule has 0 spiro atoms. The largest absolute Gasteiger partial charge is 0.396 e. The Morgan fingerprint density at radius 1 is 1.50 bits per heavy atom. The second-order valence-electron chi connectivity index (χ2n) is 6.51. The molecule has 2 saturated carbocycles. The lowest BCUT2D eigenvalue weighted by molar-refractivity contribution is -0.118. The summed E-state index contributed by atoms with van der Waals surface area (Å²) in [6.07, 6.45) is 7.54. The SMILES string of the molecule is CC(N)C1(CO)CCCC1.N#CC1CC2CC2N1C=O. The summed E-state index contributed by atoms with van der Waals surface area (Å²) >= 11 is 0. The molecule has 3 fully saturated rings. The molecule has 4 unspecified atom stereocenters. The molecule has 5 heteroatoms. The molecule has 1 aliphatic heterocycles. The van der Waals surface area contributed by atoms with Gasteiger partial charge in [-0.15, -0.1) is 0 Å². The van der Waals surface area contributed by atoms with Gasteiger partial charge in [0.15, 0.2) is 0 Å². The molecule has 1 amide bonds. The Morgan fingerprint density at radius 2 is 2.15 bits per heavy atom. The van der Waals surface area contributed by atoms with E-state index in [1.165, 1.54) is 12.8 Å². The highest BCUT2D eigenvalue weighted by molar-refractivity contribution is 5.52. The fourth-order valence-electron chi connectivity index (χ4n) is 3.60. The van der Waals surface area contributed by atoms with Gasteiger partial charge in [-0.3, -0.25) is 4.79 Å². The number of hydrogen-bond donors (Lipinski definition) is 2. The minimum atomic E-state index is -0.124. The van der Waals surface area contributed by atoms with Crippen LogP contribution in [0.3, 0.4) is 0 Å². The van der Waals surface area contributed by atoms with Crippen LogP contribution in [0.1, 0.15) is 45.4 Å². The minimum absolute atomic E-state index is 0.0694. The van der Waals surface area contributed by atoms with E-state index in [-0.39, 0.29) is 24.1 Å². The summed E-state index contributed by atoms with van der Waals surface area (Å²) in [5.74, 6) is 0.648. The molecule has 4 atom stereocenters. The third-order valence-electron chi connectivity index (χ3n) is 5.31. The summed E-state index contributed by atoms with van der Waals surface area (Å²) in [6, 6.07) is 2.57. The van der Waals surface area contributed by atoms with Crippen LogP contribution in [0.5, 0.6) is 0 Å². The van der Waals surface area contributed by atoms with Gasteiger partial charge in [-0.1, -0.05) is 12.8 Å². The number of nitrogens with zero attached hydrogens (tertiary/aromatic N) is 2. The third kappa shape index (κ3) is 2.82. The molecule has 0 radical (unpaired) electrons. The van der Waals surface area contributed by atoms with Crippen LogP contribution in [0, 0.1) is 22.7 Å². The number of amides is 1. The number of nitrogens with two attached hydrogens (primary N) is 1. The number of aliphatic hydroxyl groups excluding tert-OH is 1. The molecule has 2 aliphatic carbocycles. The normalized spacial score (nSPS) is 34.5. The van der Waals surface area contributed by atoms with Crippen molar-refractivity contribution in [3.8, 4) is 6.07 Å². The maximum atomic E-state index is 10.4. The van der Waals surface area contributed by atoms with Gasteiger partial charge in [0.05, 0.1) is 12.7 Å². The molecule has 3 N–H and O–H groups in total. The van der Waals surface area contributed by atoms with Gasteiger partial charge in [0.2, 0.25) is 6.41 Å². The van der Waals surface area contributed by atoms with Gasteiger partial charge in [-0.05, 0) is 38.5 Å². The predicted molar refractivity (Wildman–Crippen MR) is 75.5 cm³/mol. The van der Waals surface area contributed by atoms with E-state index < -0.39 is 0 Å². The van der Waals surface area contributed by atoms with Gasteiger partial charge in [0, 0.05) is 17.5 Å². The Labute approximate surface area is 120 Å². The molecular formula is C15H25N3O2. The van der Waals surface area contributed by atoms with Crippen LogP contribution in [0.2, 0.25) is 0 Å². The summed E-state index contributed by atoms with van der Waals surface area (Å²) in [5.41, 5.74) is 5.85. The van der Waals surface area contributed by atoms with E-state index in [4.69, 9.17) is 16.1 Å². The van der Waals surface area contributed by atoms with Crippen molar-refractivity contribution in [1.29, 1.82) is 5.26 Å². The first-order valence-corrected chi connectivity index (χ1v) is 7.57. The van der Waals surface area contributed by atoms with E-state index in [0.29, 0.717) is 12.0 Å². The molecule has 0 bridgehead atoms. The molecule has 3 rings (SSSR count). The van der Waals surface area contributed by atoms with E-state index >= 15 is 0 Å². The maximum Gasteiger partial charge on any atom is 0.211 e. The Balaban J connectivity index is 0.000000147. The zero-order chi connectivity index (χ0) is 14.8. The van der Waals surface area contributed by atoms with Gasteiger partial charge in [-0.25, -0.2) is 0 Å². The maximum absolute atomic E-state index is 10.4. The molecule has 5 nitrogen and oxygen atoms in total. The predicted octanol–water partition coefficient (Wildman–Crippen LogP) is 1.02. The third-order valence-corrected chi connectivity index (χ3v) is 5.31. The Hall–Kier alpha value is -1.12. The van der Waals surface area contributed by atoms with Crippen LogP contribution in [0.15, 0.2) is 0 Å². The van der Waals surface area contributed by atoms with Gasteiger partial charge in [0.1, 0.15) is 6.04 Å². The molecule has 112 valence electrons. The number of carbonyl (C=O) groups excluding carboxylic acids is 1. The first kappa shape index (κ1) is 15.3. The number of likely N-dealkylation sites (tertiary alicyclic amines) is 1. The first-order valence-electron chi connectivity index (χ1n) is 7.57. The topological polar surface area (TPSA) is 90.3 Å². The average Bonchev–Trinajstić information content (AvgIpc) is 2.94. The van der Waals surface area contributed by atoms with Crippen molar-refractivity contribution in [2.45, 2.75) is 63.6 Å². The molecule has 0 aromatic carbocycles.